The van der Waals surface area contributed by atoms with Crippen LogP contribution in [0.15, 0.2) is 53.8 Å². The van der Waals surface area contributed by atoms with Crippen LogP contribution in [0.1, 0.15) is 24.4 Å². The molecule has 1 aliphatic heterocycles. The second-order valence-electron chi connectivity index (χ2n) is 7.67. The largest absolute Gasteiger partial charge is 0.451 e. The minimum atomic E-state index is -4.72. The van der Waals surface area contributed by atoms with Crippen LogP contribution in [-0.4, -0.2) is 42.0 Å². The van der Waals surface area contributed by atoms with Crippen molar-refractivity contribution in [3.63, 3.8) is 0 Å². The number of nitrogens with one attached hydrogen (secondary N) is 1. The lowest BCUT2D eigenvalue weighted by atomic mass is 10.1. The summed E-state index contributed by atoms with van der Waals surface area (Å²) in [5.74, 6) is -3.01. The third-order valence-corrected chi connectivity index (χ3v) is 6.85. The van der Waals surface area contributed by atoms with Gasteiger partial charge in [-0.05, 0) is 43.2 Å². The summed E-state index contributed by atoms with van der Waals surface area (Å²) in [6.45, 7) is 0.316. The number of alkyl halides is 3. The maximum Gasteiger partial charge on any atom is 0.451 e. The Morgan fingerprint density at radius 2 is 1.77 bits per heavy atom. The predicted molar refractivity (Wildman–Crippen MR) is 115 cm³/mol. The number of pyridine rings is 1. The Balaban J connectivity index is 1.44. The van der Waals surface area contributed by atoms with Crippen molar-refractivity contribution in [1.82, 2.24) is 24.6 Å². The normalized spacial score (nSPS) is 17.3. The first kappa shape index (κ1) is 24.8. The fraction of sp³-hybridized carbons (Fsp3) is 0.273. The van der Waals surface area contributed by atoms with Crippen molar-refractivity contribution in [1.29, 1.82) is 0 Å². The molecule has 13 heteroatoms. The van der Waals surface area contributed by atoms with E-state index in [0.717, 1.165) is 18.6 Å². The number of rotatable bonds is 6. The molecule has 0 aliphatic carbocycles. The van der Waals surface area contributed by atoms with Crippen LogP contribution in [0.25, 0.3) is 11.1 Å². The summed E-state index contributed by atoms with van der Waals surface area (Å²) in [6, 6.07) is 5.77. The van der Waals surface area contributed by atoms with Crippen LogP contribution >= 0.6 is 0 Å². The molecule has 3 aromatic rings. The van der Waals surface area contributed by atoms with Gasteiger partial charge >= 0.3 is 6.18 Å². The zero-order valence-electron chi connectivity index (χ0n) is 17.9. The first-order chi connectivity index (χ1) is 16.6. The van der Waals surface area contributed by atoms with Gasteiger partial charge in [0.1, 0.15) is 28.7 Å². The quantitative estimate of drug-likeness (QED) is 0.511. The standard InChI is InChI=1S/C22H18F5N5O2S/c23-14-3-5-16(6-4-14)35(34)32-7-1-2-19(32)20(33)29-11-15-8-17(18(24)12-28-15)13-9-30-21(31-10-13)22(25,26)27/h3-6,8-10,12,19H,1-2,7,11H2,(H,29,33). The summed E-state index contributed by atoms with van der Waals surface area (Å²) in [6.07, 6.45) is -1.02. The van der Waals surface area contributed by atoms with Crippen molar-refractivity contribution in [2.45, 2.75) is 36.5 Å². The number of amides is 1. The van der Waals surface area contributed by atoms with Crippen LogP contribution in [-0.2, 0) is 28.5 Å². The summed E-state index contributed by atoms with van der Waals surface area (Å²) < 4.78 is 79.8. The highest BCUT2D eigenvalue weighted by Crippen LogP contribution is 2.28. The number of aromatic nitrogens is 3. The molecule has 2 atom stereocenters. The zero-order valence-corrected chi connectivity index (χ0v) is 18.7. The van der Waals surface area contributed by atoms with Gasteiger partial charge in [0.25, 0.3) is 0 Å². The van der Waals surface area contributed by atoms with Crippen LogP contribution in [0.5, 0.6) is 0 Å². The molecular weight excluding hydrogens is 493 g/mol. The molecular formula is C22H18F5N5O2S. The van der Waals surface area contributed by atoms with E-state index in [1.807, 2.05) is 0 Å². The summed E-state index contributed by atoms with van der Waals surface area (Å²) in [5, 5.41) is 2.67. The summed E-state index contributed by atoms with van der Waals surface area (Å²) in [5.41, 5.74) is 0.193. The summed E-state index contributed by atoms with van der Waals surface area (Å²) in [7, 11) is -1.66. The second kappa shape index (κ2) is 10.1. The second-order valence-corrected chi connectivity index (χ2v) is 9.11. The average molecular weight is 511 g/mol. The maximum absolute atomic E-state index is 14.3. The van der Waals surface area contributed by atoms with Crippen molar-refractivity contribution in [2.75, 3.05) is 6.54 Å². The number of carbonyl (C=O) groups excluding carboxylic acids is 1. The van der Waals surface area contributed by atoms with Crippen molar-refractivity contribution in [2.24, 2.45) is 0 Å². The van der Waals surface area contributed by atoms with E-state index in [1.165, 1.54) is 34.6 Å². The molecule has 1 aliphatic rings. The maximum atomic E-state index is 14.3. The van der Waals surface area contributed by atoms with Crippen LogP contribution in [0.3, 0.4) is 0 Å². The van der Waals surface area contributed by atoms with Gasteiger partial charge in [-0.1, -0.05) is 0 Å². The molecule has 4 rings (SSSR count). The monoisotopic (exact) mass is 511 g/mol. The van der Waals surface area contributed by atoms with Gasteiger partial charge in [0.2, 0.25) is 11.7 Å². The Kier molecular flexibility index (Phi) is 7.17. The van der Waals surface area contributed by atoms with E-state index in [4.69, 9.17) is 0 Å². The lowest BCUT2D eigenvalue weighted by Crippen LogP contribution is -2.43. The number of carbonyl (C=O) groups is 1. The van der Waals surface area contributed by atoms with Crippen molar-refractivity contribution in [3.8, 4) is 11.1 Å². The van der Waals surface area contributed by atoms with E-state index >= 15 is 0 Å². The van der Waals surface area contributed by atoms with Crippen LogP contribution in [0, 0.1) is 11.6 Å². The number of nitrogens with zero attached hydrogens (tertiary/aromatic N) is 4. The van der Waals surface area contributed by atoms with E-state index in [1.54, 1.807) is 0 Å². The molecule has 1 fully saturated rings. The fourth-order valence-corrected chi connectivity index (χ4v) is 4.96. The lowest BCUT2D eigenvalue weighted by molar-refractivity contribution is -0.145. The Hall–Kier alpha value is -3.32. The SMILES string of the molecule is O=C(NCc1cc(-c2cnc(C(F)(F)F)nc2)c(F)cn1)C1CCCN1S(=O)c1ccc(F)cc1. The zero-order chi connectivity index (χ0) is 25.2. The number of hydrogen-bond donors (Lipinski definition) is 1. The number of benzene rings is 1. The molecule has 7 nitrogen and oxygen atoms in total. The molecule has 0 bridgehead atoms. The molecule has 1 saturated heterocycles. The van der Waals surface area contributed by atoms with E-state index in [-0.39, 0.29) is 23.4 Å². The van der Waals surface area contributed by atoms with Gasteiger partial charge in [-0.2, -0.15) is 13.2 Å². The first-order valence-corrected chi connectivity index (χ1v) is 11.5. The average Bonchev–Trinajstić information content (AvgIpc) is 3.33. The Bertz CT molecular complexity index is 1240. The van der Waals surface area contributed by atoms with Crippen molar-refractivity contribution < 1.29 is 31.0 Å². The van der Waals surface area contributed by atoms with Crippen LogP contribution in [0.4, 0.5) is 22.0 Å². The minimum absolute atomic E-state index is 0.0159. The molecule has 2 unspecified atom stereocenters. The highest BCUT2D eigenvalue weighted by Gasteiger charge is 2.35. The molecule has 0 radical (unpaired) electrons. The van der Waals surface area contributed by atoms with Crippen molar-refractivity contribution >= 4 is 16.9 Å². The lowest BCUT2D eigenvalue weighted by Gasteiger charge is -2.22. The van der Waals surface area contributed by atoms with E-state index < -0.39 is 46.6 Å². The molecule has 0 spiro atoms. The van der Waals surface area contributed by atoms with E-state index in [9.17, 15) is 31.0 Å². The molecule has 184 valence electrons. The molecule has 35 heavy (non-hydrogen) atoms. The summed E-state index contributed by atoms with van der Waals surface area (Å²) >= 11 is 0. The third-order valence-electron chi connectivity index (χ3n) is 5.31. The summed E-state index contributed by atoms with van der Waals surface area (Å²) in [4.78, 5) is 23.5. The molecule has 1 amide bonds. The third kappa shape index (κ3) is 5.68. The molecule has 0 saturated carbocycles. The van der Waals surface area contributed by atoms with Gasteiger partial charge in [0.15, 0.2) is 0 Å². The smallest absolute Gasteiger partial charge is 0.349 e. The molecule has 2 aromatic heterocycles. The predicted octanol–water partition coefficient (Wildman–Crippen LogP) is 3.64. The van der Waals surface area contributed by atoms with Gasteiger partial charge in [-0.3, -0.25) is 9.78 Å². The highest BCUT2D eigenvalue weighted by molar-refractivity contribution is 7.82. The van der Waals surface area contributed by atoms with Gasteiger partial charge in [-0.25, -0.2) is 27.3 Å². The Morgan fingerprint density at radius 3 is 2.43 bits per heavy atom. The Morgan fingerprint density at radius 1 is 1.09 bits per heavy atom. The van der Waals surface area contributed by atoms with Gasteiger partial charge in [0.05, 0.1) is 23.3 Å². The van der Waals surface area contributed by atoms with E-state index in [2.05, 4.69) is 20.3 Å². The van der Waals surface area contributed by atoms with Crippen LogP contribution < -0.4 is 5.32 Å². The molecule has 1 N–H and O–H groups in total. The number of hydrogen-bond acceptors (Lipinski definition) is 5. The molecule has 1 aromatic carbocycles. The van der Waals surface area contributed by atoms with E-state index in [0.29, 0.717) is 24.3 Å². The fourth-order valence-electron chi connectivity index (χ4n) is 3.60. The number of halogens is 5. The van der Waals surface area contributed by atoms with Gasteiger partial charge in [0, 0.05) is 30.1 Å². The molecule has 3 heterocycles. The topological polar surface area (TPSA) is 88.1 Å². The van der Waals surface area contributed by atoms with Gasteiger partial charge < -0.3 is 5.32 Å². The van der Waals surface area contributed by atoms with Gasteiger partial charge in [-0.15, -0.1) is 0 Å². The first-order valence-electron chi connectivity index (χ1n) is 10.4. The van der Waals surface area contributed by atoms with Crippen molar-refractivity contribution in [3.05, 3.63) is 72.1 Å². The Labute approximate surface area is 199 Å². The highest BCUT2D eigenvalue weighted by atomic mass is 32.2. The van der Waals surface area contributed by atoms with Crippen LogP contribution in [0.2, 0.25) is 0 Å². The minimum Gasteiger partial charge on any atom is -0.349 e.